The molecule has 1 aromatic carbocycles. The molecule has 0 aliphatic carbocycles. The molecule has 0 spiro atoms. The number of anilines is 1. The summed E-state index contributed by atoms with van der Waals surface area (Å²) >= 11 is 1.28. The van der Waals surface area contributed by atoms with Crippen molar-refractivity contribution in [2.24, 2.45) is 0 Å². The Morgan fingerprint density at radius 3 is 2.75 bits per heavy atom. The van der Waals surface area contributed by atoms with Gasteiger partial charge in [-0.2, -0.15) is 0 Å². The number of carbonyl (C=O) groups is 3. The number of hydrogen-bond donors (Lipinski definition) is 2. The van der Waals surface area contributed by atoms with E-state index in [-0.39, 0.29) is 18.9 Å². The standard InChI is InChI=1S/C18H20N4O5S/c1-26-13-4-3-11(9-14(13)27-2)5-7-22-16(24)12(20-18(22)25)10-15(23)21-17-19-6-8-28-17/h3-4,6,8-9,12H,5,7,10H2,1-2H3,(H,20,25)(H,19,21,23). The van der Waals surface area contributed by atoms with Gasteiger partial charge < -0.3 is 20.1 Å². The van der Waals surface area contributed by atoms with Crippen LogP contribution in [-0.4, -0.2) is 54.5 Å². The molecule has 9 nitrogen and oxygen atoms in total. The highest BCUT2D eigenvalue weighted by molar-refractivity contribution is 7.13. The van der Waals surface area contributed by atoms with E-state index in [1.807, 2.05) is 6.07 Å². The van der Waals surface area contributed by atoms with Crippen LogP contribution in [0.4, 0.5) is 9.93 Å². The number of thiazole rings is 1. The van der Waals surface area contributed by atoms with Gasteiger partial charge >= 0.3 is 6.03 Å². The SMILES string of the molecule is COc1ccc(CCN2C(=O)NC(CC(=O)Nc3nccs3)C2=O)cc1OC. The molecule has 1 aliphatic heterocycles. The van der Waals surface area contributed by atoms with Gasteiger partial charge in [-0.25, -0.2) is 9.78 Å². The predicted molar refractivity (Wildman–Crippen MR) is 103 cm³/mol. The van der Waals surface area contributed by atoms with Crippen molar-refractivity contribution in [2.75, 3.05) is 26.1 Å². The van der Waals surface area contributed by atoms with Crippen molar-refractivity contribution in [3.05, 3.63) is 35.3 Å². The zero-order valence-electron chi connectivity index (χ0n) is 15.4. The normalized spacial score (nSPS) is 16.1. The maximum Gasteiger partial charge on any atom is 0.324 e. The van der Waals surface area contributed by atoms with Crippen molar-refractivity contribution in [2.45, 2.75) is 18.9 Å². The number of ether oxygens (including phenoxy) is 2. The van der Waals surface area contributed by atoms with Crippen LogP contribution in [0.5, 0.6) is 11.5 Å². The highest BCUT2D eigenvalue weighted by Gasteiger charge is 2.38. The highest BCUT2D eigenvalue weighted by Crippen LogP contribution is 2.28. The fourth-order valence-corrected chi connectivity index (χ4v) is 3.39. The molecule has 1 unspecified atom stereocenters. The van der Waals surface area contributed by atoms with Crippen LogP contribution < -0.4 is 20.1 Å². The molecule has 2 N–H and O–H groups in total. The van der Waals surface area contributed by atoms with Gasteiger partial charge in [0.2, 0.25) is 5.91 Å². The second-order valence-electron chi connectivity index (χ2n) is 6.02. The molecule has 148 valence electrons. The maximum atomic E-state index is 12.5. The van der Waals surface area contributed by atoms with Gasteiger partial charge in [-0.1, -0.05) is 6.07 Å². The van der Waals surface area contributed by atoms with Crippen molar-refractivity contribution < 1.29 is 23.9 Å². The minimum Gasteiger partial charge on any atom is -0.493 e. The molecule has 4 amide bonds. The molecule has 1 saturated heterocycles. The summed E-state index contributed by atoms with van der Waals surface area (Å²) in [7, 11) is 3.09. The maximum absolute atomic E-state index is 12.5. The third-order valence-electron chi connectivity index (χ3n) is 4.25. The first-order chi connectivity index (χ1) is 13.5. The molecule has 2 aromatic rings. The number of aromatic nitrogens is 1. The number of amides is 4. The summed E-state index contributed by atoms with van der Waals surface area (Å²) < 4.78 is 10.5. The molecule has 0 saturated carbocycles. The van der Waals surface area contributed by atoms with Gasteiger partial charge in [0.1, 0.15) is 6.04 Å². The number of imide groups is 1. The minimum absolute atomic E-state index is 0.142. The zero-order valence-corrected chi connectivity index (χ0v) is 16.2. The summed E-state index contributed by atoms with van der Waals surface area (Å²) in [6.45, 7) is 0.199. The lowest BCUT2D eigenvalue weighted by molar-refractivity contribution is -0.129. The van der Waals surface area contributed by atoms with Crippen LogP contribution >= 0.6 is 11.3 Å². The van der Waals surface area contributed by atoms with Gasteiger partial charge in [0.05, 0.1) is 20.6 Å². The van der Waals surface area contributed by atoms with E-state index in [1.54, 1.807) is 37.9 Å². The van der Waals surface area contributed by atoms with Crippen molar-refractivity contribution in [1.29, 1.82) is 0 Å². The lowest BCUT2D eigenvalue weighted by Gasteiger charge is -2.14. The Labute approximate surface area is 165 Å². The summed E-state index contributed by atoms with van der Waals surface area (Å²) in [5, 5.41) is 7.34. The van der Waals surface area contributed by atoms with E-state index in [9.17, 15) is 14.4 Å². The molecule has 1 aromatic heterocycles. The van der Waals surface area contributed by atoms with Crippen LogP contribution in [0.1, 0.15) is 12.0 Å². The van der Waals surface area contributed by atoms with Gasteiger partial charge in [0.25, 0.3) is 5.91 Å². The Kier molecular flexibility index (Phi) is 6.09. The second kappa shape index (κ2) is 8.70. The Hall–Kier alpha value is -3.14. The van der Waals surface area contributed by atoms with E-state index < -0.39 is 18.0 Å². The number of nitrogens with zero attached hydrogens (tertiary/aromatic N) is 2. The summed E-state index contributed by atoms with van der Waals surface area (Å²) in [6, 6.07) is 4.04. The number of carbonyl (C=O) groups excluding carboxylic acids is 3. The molecule has 0 bridgehead atoms. The van der Waals surface area contributed by atoms with Gasteiger partial charge in [0.15, 0.2) is 16.6 Å². The molecule has 10 heteroatoms. The zero-order chi connectivity index (χ0) is 20.1. The van der Waals surface area contributed by atoms with Crippen LogP contribution in [-0.2, 0) is 16.0 Å². The van der Waals surface area contributed by atoms with Crippen LogP contribution in [0, 0.1) is 0 Å². The van der Waals surface area contributed by atoms with Crippen LogP contribution in [0.3, 0.4) is 0 Å². The first kappa shape index (κ1) is 19.6. The number of benzene rings is 1. The van der Waals surface area contributed by atoms with Crippen molar-refractivity contribution >= 4 is 34.3 Å². The summed E-state index contributed by atoms with van der Waals surface area (Å²) in [6.07, 6.45) is 1.88. The van der Waals surface area contributed by atoms with Crippen molar-refractivity contribution in [3.63, 3.8) is 0 Å². The minimum atomic E-state index is -0.877. The number of rotatable bonds is 8. The smallest absolute Gasteiger partial charge is 0.324 e. The van der Waals surface area contributed by atoms with Gasteiger partial charge in [-0.3, -0.25) is 14.5 Å². The van der Waals surface area contributed by atoms with E-state index in [0.29, 0.717) is 23.1 Å². The largest absolute Gasteiger partial charge is 0.493 e. The number of methoxy groups -OCH3 is 2. The average molecular weight is 404 g/mol. The molecule has 1 fully saturated rings. The van der Waals surface area contributed by atoms with Gasteiger partial charge in [0, 0.05) is 18.1 Å². The number of hydrogen-bond acceptors (Lipinski definition) is 7. The highest BCUT2D eigenvalue weighted by atomic mass is 32.1. The van der Waals surface area contributed by atoms with E-state index in [4.69, 9.17) is 9.47 Å². The molecular formula is C18H20N4O5S. The first-order valence-electron chi connectivity index (χ1n) is 8.54. The molecule has 28 heavy (non-hydrogen) atoms. The monoisotopic (exact) mass is 404 g/mol. The van der Waals surface area contributed by atoms with Crippen molar-refractivity contribution in [1.82, 2.24) is 15.2 Å². The number of urea groups is 1. The fourth-order valence-electron chi connectivity index (χ4n) is 2.84. The lowest BCUT2D eigenvalue weighted by atomic mass is 10.1. The summed E-state index contributed by atoms with van der Waals surface area (Å²) in [5.41, 5.74) is 0.892. The lowest BCUT2D eigenvalue weighted by Crippen LogP contribution is -2.34. The molecule has 1 aliphatic rings. The predicted octanol–water partition coefficient (Wildman–Crippen LogP) is 1.65. The van der Waals surface area contributed by atoms with Crippen LogP contribution in [0.2, 0.25) is 0 Å². The second-order valence-corrected chi connectivity index (χ2v) is 6.92. The molecule has 3 rings (SSSR count). The van der Waals surface area contributed by atoms with E-state index in [0.717, 1.165) is 10.5 Å². The van der Waals surface area contributed by atoms with E-state index in [2.05, 4.69) is 15.6 Å². The first-order valence-corrected chi connectivity index (χ1v) is 9.42. The third kappa shape index (κ3) is 4.39. The van der Waals surface area contributed by atoms with Gasteiger partial charge in [-0.05, 0) is 24.1 Å². The molecule has 1 atom stereocenters. The van der Waals surface area contributed by atoms with Crippen LogP contribution in [0.25, 0.3) is 0 Å². The Balaban J connectivity index is 1.57. The Morgan fingerprint density at radius 1 is 1.29 bits per heavy atom. The average Bonchev–Trinajstić information content (AvgIpc) is 3.28. The summed E-state index contributed by atoms with van der Waals surface area (Å²) in [4.78, 5) is 41.8. The van der Waals surface area contributed by atoms with E-state index >= 15 is 0 Å². The fraction of sp³-hybridized carbons (Fsp3) is 0.333. The number of nitrogens with one attached hydrogen (secondary N) is 2. The van der Waals surface area contributed by atoms with Crippen LogP contribution in [0.15, 0.2) is 29.8 Å². The third-order valence-corrected chi connectivity index (χ3v) is 4.94. The molecule has 0 radical (unpaired) electrons. The van der Waals surface area contributed by atoms with Gasteiger partial charge in [-0.15, -0.1) is 11.3 Å². The Bertz CT molecular complexity index is 871. The topological polar surface area (TPSA) is 110 Å². The summed E-state index contributed by atoms with van der Waals surface area (Å²) in [5.74, 6) is 0.386. The Morgan fingerprint density at radius 2 is 2.07 bits per heavy atom. The van der Waals surface area contributed by atoms with E-state index in [1.165, 1.54) is 11.3 Å². The molecule has 2 heterocycles. The van der Waals surface area contributed by atoms with Crippen molar-refractivity contribution in [3.8, 4) is 11.5 Å². The molecular weight excluding hydrogens is 384 g/mol. The quantitative estimate of drug-likeness (QED) is 0.648.